The van der Waals surface area contributed by atoms with E-state index in [9.17, 15) is 18.3 Å². The molecule has 1 aliphatic heterocycles. The van der Waals surface area contributed by atoms with Gasteiger partial charge in [0.1, 0.15) is 11.9 Å². The highest BCUT2D eigenvalue weighted by molar-refractivity contribution is 7.92. The van der Waals surface area contributed by atoms with E-state index in [2.05, 4.69) is 19.6 Å². The molecule has 210 valence electrons. The van der Waals surface area contributed by atoms with E-state index in [1.54, 1.807) is 47.1 Å². The molecule has 3 atom stereocenters. The van der Waals surface area contributed by atoms with Gasteiger partial charge in [-0.2, -0.15) is 8.42 Å². The van der Waals surface area contributed by atoms with Crippen molar-refractivity contribution in [1.29, 1.82) is 0 Å². The molecule has 3 heterocycles. The lowest BCUT2D eigenvalue weighted by Gasteiger charge is -2.34. The molecule has 3 aromatic rings. The van der Waals surface area contributed by atoms with Crippen LogP contribution in [0.1, 0.15) is 25.0 Å². The highest BCUT2D eigenvalue weighted by Gasteiger charge is 2.31. The summed E-state index contributed by atoms with van der Waals surface area (Å²) >= 11 is 0. The molecule has 0 aliphatic carbocycles. The maximum absolute atomic E-state index is 13.4. The van der Waals surface area contributed by atoms with E-state index in [1.165, 1.54) is 12.5 Å². The molecule has 0 spiro atoms. The molecule has 1 aliphatic rings. The molecule has 2 N–H and O–H groups in total. The normalized spacial score (nSPS) is 19.0. The second-order valence-corrected chi connectivity index (χ2v) is 11.9. The lowest BCUT2D eigenvalue weighted by atomic mass is 10.0. The lowest BCUT2D eigenvalue weighted by molar-refractivity contribution is -0.134. The van der Waals surface area contributed by atoms with Crippen molar-refractivity contribution < 1.29 is 23.1 Å². The predicted molar refractivity (Wildman–Crippen MR) is 147 cm³/mol. The zero-order valence-electron chi connectivity index (χ0n) is 22.7. The molecule has 1 amide bonds. The smallest absolute Gasteiger partial charge is 0.280 e. The number of imidazole rings is 1. The van der Waals surface area contributed by atoms with Gasteiger partial charge in [0.25, 0.3) is 10.0 Å². The van der Waals surface area contributed by atoms with Gasteiger partial charge in [0.15, 0.2) is 5.03 Å². The Balaban J connectivity index is 1.63. The number of aromatic nitrogens is 3. The molecule has 0 saturated heterocycles. The van der Waals surface area contributed by atoms with Crippen molar-refractivity contribution >= 4 is 21.6 Å². The molecule has 11 nitrogen and oxygen atoms in total. The number of pyridine rings is 1. The third-order valence-electron chi connectivity index (χ3n) is 6.82. The van der Waals surface area contributed by atoms with Crippen LogP contribution in [-0.4, -0.2) is 82.7 Å². The molecule has 39 heavy (non-hydrogen) atoms. The average molecular weight is 557 g/mol. The summed E-state index contributed by atoms with van der Waals surface area (Å²) in [6, 6.07) is 8.52. The molecule has 2 aromatic heterocycles. The summed E-state index contributed by atoms with van der Waals surface area (Å²) in [5.74, 6) is 0.316. The molecule has 12 heteroatoms. The Morgan fingerprint density at radius 2 is 2.00 bits per heavy atom. The molecule has 4 rings (SSSR count). The van der Waals surface area contributed by atoms with Crippen LogP contribution in [0.2, 0.25) is 0 Å². The number of aliphatic hydroxyl groups is 1. The van der Waals surface area contributed by atoms with Crippen LogP contribution in [0.3, 0.4) is 0 Å². The number of likely N-dealkylation sites (N-methyl/N-ethyl adjacent to an activating group) is 1. The summed E-state index contributed by atoms with van der Waals surface area (Å²) < 4.78 is 36.3. The third kappa shape index (κ3) is 7.14. The fraction of sp³-hybridized carbons (Fsp3) is 0.444. The van der Waals surface area contributed by atoms with Crippen LogP contribution in [0.15, 0.2) is 60.3 Å². The first-order chi connectivity index (χ1) is 18.6. The SMILES string of the molecule is C[C@@H]1CN([C@H](C)CO)C(=O)Cc2cc(NS(=O)(=O)c3cn(C)cn3)ccc2O[C@@H]1CN(C)Cc1ccncc1. The summed E-state index contributed by atoms with van der Waals surface area (Å²) in [6.07, 6.45) is 6.08. The number of nitrogens with one attached hydrogen (secondary N) is 1. The van der Waals surface area contributed by atoms with Crippen molar-refractivity contribution in [3.63, 3.8) is 0 Å². The van der Waals surface area contributed by atoms with E-state index in [1.807, 2.05) is 33.0 Å². The van der Waals surface area contributed by atoms with Crippen LogP contribution in [0.5, 0.6) is 5.75 Å². The van der Waals surface area contributed by atoms with Gasteiger partial charge in [-0.25, -0.2) is 4.98 Å². The number of carbonyl (C=O) groups excluding carboxylic acids is 1. The molecule has 0 saturated carbocycles. The minimum absolute atomic E-state index is 0.00508. The molecule has 0 radical (unpaired) electrons. The number of aliphatic hydroxyl groups excluding tert-OH is 1. The van der Waals surface area contributed by atoms with Crippen molar-refractivity contribution in [3.05, 3.63) is 66.4 Å². The number of rotatable bonds is 9. The Morgan fingerprint density at radius 1 is 1.26 bits per heavy atom. The number of nitrogens with zero attached hydrogens (tertiary/aromatic N) is 5. The number of carbonyl (C=O) groups is 1. The quantitative estimate of drug-likeness (QED) is 0.409. The second-order valence-electron chi connectivity index (χ2n) is 10.2. The van der Waals surface area contributed by atoms with Crippen LogP contribution in [0.4, 0.5) is 5.69 Å². The van der Waals surface area contributed by atoms with E-state index in [4.69, 9.17) is 4.74 Å². The summed E-state index contributed by atoms with van der Waals surface area (Å²) in [5.41, 5.74) is 1.99. The Bertz CT molecular complexity index is 1380. The maximum atomic E-state index is 13.4. The predicted octanol–water partition coefficient (Wildman–Crippen LogP) is 1.90. The Hall–Kier alpha value is -3.48. The zero-order valence-corrected chi connectivity index (χ0v) is 23.5. The van der Waals surface area contributed by atoms with E-state index < -0.39 is 10.0 Å². The number of benzene rings is 1. The van der Waals surface area contributed by atoms with Crippen molar-refractivity contribution in [3.8, 4) is 5.75 Å². The Morgan fingerprint density at radius 3 is 2.67 bits per heavy atom. The fourth-order valence-corrected chi connectivity index (χ4v) is 5.65. The molecule has 1 aromatic carbocycles. The lowest BCUT2D eigenvalue weighted by Crippen LogP contribution is -2.47. The summed E-state index contributed by atoms with van der Waals surface area (Å²) in [4.78, 5) is 25.3. The highest BCUT2D eigenvalue weighted by atomic mass is 32.2. The first kappa shape index (κ1) is 28.5. The number of hydrogen-bond donors (Lipinski definition) is 2. The van der Waals surface area contributed by atoms with Gasteiger partial charge >= 0.3 is 0 Å². The van der Waals surface area contributed by atoms with Crippen LogP contribution >= 0.6 is 0 Å². The molecular formula is C27H36N6O5S. The van der Waals surface area contributed by atoms with Crippen LogP contribution in [0.25, 0.3) is 0 Å². The number of ether oxygens (including phenoxy) is 1. The van der Waals surface area contributed by atoms with Gasteiger partial charge in [-0.1, -0.05) is 6.92 Å². The molecule has 0 unspecified atom stereocenters. The van der Waals surface area contributed by atoms with E-state index in [0.717, 1.165) is 5.56 Å². The molecule has 0 fully saturated rings. The standard InChI is InChI=1S/C27H36N6O5S/c1-19-13-33(20(2)17-34)27(35)12-22-11-23(30-39(36,37)26-16-32(4)18-29-26)5-6-24(22)38-25(19)15-31(3)14-21-7-9-28-10-8-21/h5-11,16,18-20,25,30,34H,12-15,17H2,1-4H3/t19-,20-,25-/m1/s1. The van der Waals surface area contributed by atoms with Crippen molar-refractivity contribution in [2.75, 3.05) is 31.5 Å². The monoisotopic (exact) mass is 556 g/mol. The number of sulfonamides is 1. The van der Waals surface area contributed by atoms with Gasteiger partial charge in [-0.05, 0) is 49.9 Å². The molecule has 0 bridgehead atoms. The van der Waals surface area contributed by atoms with Crippen molar-refractivity contribution in [1.82, 2.24) is 24.3 Å². The minimum Gasteiger partial charge on any atom is -0.488 e. The number of hydrogen-bond acceptors (Lipinski definition) is 8. The van der Waals surface area contributed by atoms with Gasteiger partial charge in [0.05, 0.1) is 25.4 Å². The summed E-state index contributed by atoms with van der Waals surface area (Å²) in [7, 11) is -0.210. The van der Waals surface area contributed by atoms with E-state index in [0.29, 0.717) is 36.6 Å². The minimum atomic E-state index is -3.91. The zero-order chi connectivity index (χ0) is 28.2. The van der Waals surface area contributed by atoms with Crippen LogP contribution in [0, 0.1) is 5.92 Å². The van der Waals surface area contributed by atoms with Gasteiger partial charge in [-0.3, -0.25) is 19.4 Å². The Labute approximate surface area is 229 Å². The highest BCUT2D eigenvalue weighted by Crippen LogP contribution is 2.30. The number of fused-ring (bicyclic) bond motifs is 1. The van der Waals surface area contributed by atoms with Crippen LogP contribution in [-0.2, 0) is 34.8 Å². The van der Waals surface area contributed by atoms with Gasteiger partial charge in [-0.15, -0.1) is 0 Å². The summed E-state index contributed by atoms with van der Waals surface area (Å²) in [5, 5.41) is 9.75. The first-order valence-corrected chi connectivity index (χ1v) is 14.3. The fourth-order valence-electron chi connectivity index (χ4n) is 4.62. The van der Waals surface area contributed by atoms with E-state index >= 15 is 0 Å². The third-order valence-corrected chi connectivity index (χ3v) is 8.08. The van der Waals surface area contributed by atoms with Crippen molar-refractivity contribution in [2.24, 2.45) is 13.0 Å². The van der Waals surface area contributed by atoms with Gasteiger partial charge < -0.3 is 19.3 Å². The number of aryl methyl sites for hydroxylation is 1. The number of amides is 1. The van der Waals surface area contributed by atoms with Gasteiger partial charge in [0.2, 0.25) is 5.91 Å². The largest absolute Gasteiger partial charge is 0.488 e. The average Bonchev–Trinajstić information content (AvgIpc) is 3.36. The maximum Gasteiger partial charge on any atom is 0.280 e. The van der Waals surface area contributed by atoms with Crippen LogP contribution < -0.4 is 9.46 Å². The van der Waals surface area contributed by atoms with E-state index in [-0.39, 0.29) is 42.0 Å². The number of anilines is 1. The topological polar surface area (TPSA) is 130 Å². The Kier molecular flexibility index (Phi) is 8.88. The first-order valence-electron chi connectivity index (χ1n) is 12.8. The summed E-state index contributed by atoms with van der Waals surface area (Å²) in [6.45, 7) is 5.39. The second kappa shape index (κ2) is 12.1. The molecular weight excluding hydrogens is 520 g/mol. The van der Waals surface area contributed by atoms with Gasteiger partial charge in [0, 0.05) is 62.4 Å². The van der Waals surface area contributed by atoms with Crippen molar-refractivity contribution in [2.45, 2.75) is 44.0 Å².